The maximum absolute atomic E-state index is 12.2. The van der Waals surface area contributed by atoms with Crippen LogP contribution in [-0.4, -0.2) is 40.2 Å². The molecule has 5 heteroatoms. The third-order valence-corrected chi connectivity index (χ3v) is 4.67. The standard InChI is InChI=1S/C20H26N2O3/c1-14(23)22-13-17(16-7-5-6-8-18(16)22)15-9-11-21(12-10-15)19(24)25-20(2,3)4/h5-8,13,15H,9-12H2,1-4H3. The smallest absolute Gasteiger partial charge is 0.410 e. The molecule has 1 saturated heterocycles. The highest BCUT2D eigenvalue weighted by atomic mass is 16.6. The van der Waals surface area contributed by atoms with E-state index in [2.05, 4.69) is 6.07 Å². The lowest BCUT2D eigenvalue weighted by Gasteiger charge is -2.33. The molecule has 0 radical (unpaired) electrons. The van der Waals surface area contributed by atoms with Gasteiger partial charge in [-0.1, -0.05) is 18.2 Å². The number of aromatic nitrogens is 1. The van der Waals surface area contributed by atoms with Crippen LogP contribution >= 0.6 is 0 Å². The first-order chi connectivity index (χ1) is 11.8. The van der Waals surface area contributed by atoms with Gasteiger partial charge in [0.2, 0.25) is 5.91 Å². The summed E-state index contributed by atoms with van der Waals surface area (Å²) in [5.41, 5.74) is 1.69. The molecule has 25 heavy (non-hydrogen) atoms. The number of carbonyl (C=O) groups is 2. The lowest BCUT2D eigenvalue weighted by molar-refractivity contribution is 0.0205. The quantitative estimate of drug-likeness (QED) is 0.771. The summed E-state index contributed by atoms with van der Waals surface area (Å²) in [5, 5.41) is 1.13. The number of fused-ring (bicyclic) bond motifs is 1. The van der Waals surface area contributed by atoms with E-state index in [-0.39, 0.29) is 12.0 Å². The van der Waals surface area contributed by atoms with Gasteiger partial charge in [0.25, 0.3) is 0 Å². The van der Waals surface area contributed by atoms with Gasteiger partial charge in [0.05, 0.1) is 5.52 Å². The molecule has 0 saturated carbocycles. The van der Waals surface area contributed by atoms with E-state index in [0.29, 0.717) is 19.0 Å². The molecule has 2 heterocycles. The van der Waals surface area contributed by atoms with E-state index in [1.165, 1.54) is 5.56 Å². The molecule has 0 unspecified atom stereocenters. The summed E-state index contributed by atoms with van der Waals surface area (Å²) < 4.78 is 7.19. The van der Waals surface area contributed by atoms with Crippen LogP contribution in [0.5, 0.6) is 0 Å². The fourth-order valence-corrected chi connectivity index (χ4v) is 3.49. The van der Waals surface area contributed by atoms with Gasteiger partial charge in [0, 0.05) is 31.6 Å². The Bertz CT molecular complexity index is 793. The molecule has 3 rings (SSSR count). The number of amides is 1. The van der Waals surface area contributed by atoms with Crippen molar-refractivity contribution in [3.8, 4) is 0 Å². The van der Waals surface area contributed by atoms with E-state index in [9.17, 15) is 9.59 Å². The number of ether oxygens (including phenoxy) is 1. The number of nitrogens with zero attached hydrogens (tertiary/aromatic N) is 2. The van der Waals surface area contributed by atoms with Gasteiger partial charge in [0.15, 0.2) is 0 Å². The maximum Gasteiger partial charge on any atom is 0.410 e. The molecule has 1 aromatic heterocycles. The maximum atomic E-state index is 12.2. The van der Waals surface area contributed by atoms with Crippen LogP contribution in [-0.2, 0) is 4.74 Å². The number of benzene rings is 1. The minimum atomic E-state index is -0.469. The molecule has 0 aliphatic carbocycles. The number of rotatable bonds is 1. The van der Waals surface area contributed by atoms with Crippen LogP contribution in [0.1, 0.15) is 56.8 Å². The summed E-state index contributed by atoms with van der Waals surface area (Å²) in [4.78, 5) is 25.9. The lowest BCUT2D eigenvalue weighted by Crippen LogP contribution is -2.41. The normalized spacial score (nSPS) is 16.2. The van der Waals surface area contributed by atoms with Crippen LogP contribution in [0.15, 0.2) is 30.5 Å². The van der Waals surface area contributed by atoms with Crippen molar-refractivity contribution in [3.63, 3.8) is 0 Å². The SMILES string of the molecule is CC(=O)n1cc(C2CCN(C(=O)OC(C)(C)C)CC2)c2ccccc21. The van der Waals surface area contributed by atoms with Gasteiger partial charge in [-0.05, 0) is 51.2 Å². The van der Waals surface area contributed by atoms with Crippen molar-refractivity contribution in [3.05, 3.63) is 36.0 Å². The molecule has 0 N–H and O–H groups in total. The number of likely N-dealkylation sites (tertiary alicyclic amines) is 1. The highest BCUT2D eigenvalue weighted by molar-refractivity contribution is 5.93. The second-order valence-corrected chi connectivity index (χ2v) is 7.73. The van der Waals surface area contributed by atoms with Crippen molar-refractivity contribution in [2.75, 3.05) is 13.1 Å². The monoisotopic (exact) mass is 342 g/mol. The highest BCUT2D eigenvalue weighted by Crippen LogP contribution is 2.34. The van der Waals surface area contributed by atoms with E-state index < -0.39 is 5.60 Å². The summed E-state index contributed by atoms with van der Waals surface area (Å²) in [6.45, 7) is 8.59. The summed E-state index contributed by atoms with van der Waals surface area (Å²) in [6.07, 6.45) is 3.49. The second kappa shape index (κ2) is 6.54. The van der Waals surface area contributed by atoms with Crippen LogP contribution in [0.2, 0.25) is 0 Å². The third kappa shape index (κ3) is 3.70. The first-order valence-electron chi connectivity index (χ1n) is 8.85. The van der Waals surface area contributed by atoms with Crippen LogP contribution in [0.25, 0.3) is 10.9 Å². The third-order valence-electron chi connectivity index (χ3n) is 4.67. The summed E-state index contributed by atoms with van der Waals surface area (Å²) in [7, 11) is 0. The van der Waals surface area contributed by atoms with Gasteiger partial charge in [-0.25, -0.2) is 4.79 Å². The van der Waals surface area contributed by atoms with Gasteiger partial charge in [-0.3, -0.25) is 9.36 Å². The zero-order valence-corrected chi connectivity index (χ0v) is 15.4. The Morgan fingerprint density at radius 3 is 2.36 bits per heavy atom. The Morgan fingerprint density at radius 2 is 1.76 bits per heavy atom. The van der Waals surface area contributed by atoms with E-state index in [4.69, 9.17) is 4.74 Å². The van der Waals surface area contributed by atoms with Crippen molar-refractivity contribution in [1.29, 1.82) is 0 Å². The highest BCUT2D eigenvalue weighted by Gasteiger charge is 2.29. The predicted molar refractivity (Wildman–Crippen MR) is 98.0 cm³/mol. The first-order valence-corrected chi connectivity index (χ1v) is 8.85. The topological polar surface area (TPSA) is 51.5 Å². The summed E-state index contributed by atoms with van der Waals surface area (Å²) in [5.74, 6) is 0.373. The average Bonchev–Trinajstić information content (AvgIpc) is 2.93. The fourth-order valence-electron chi connectivity index (χ4n) is 3.49. The molecule has 1 aromatic carbocycles. The minimum Gasteiger partial charge on any atom is -0.444 e. The largest absolute Gasteiger partial charge is 0.444 e. The number of para-hydroxylation sites is 1. The molecule has 0 bridgehead atoms. The molecule has 2 aromatic rings. The average molecular weight is 342 g/mol. The number of carbonyl (C=O) groups excluding carboxylic acids is 2. The molecule has 1 aliphatic heterocycles. The van der Waals surface area contributed by atoms with Crippen molar-refractivity contribution in [1.82, 2.24) is 9.47 Å². The van der Waals surface area contributed by atoms with Gasteiger partial charge in [0.1, 0.15) is 5.60 Å². The van der Waals surface area contributed by atoms with E-state index >= 15 is 0 Å². The Morgan fingerprint density at radius 1 is 1.12 bits per heavy atom. The van der Waals surface area contributed by atoms with Crippen LogP contribution in [0.4, 0.5) is 4.79 Å². The van der Waals surface area contributed by atoms with Gasteiger partial charge < -0.3 is 9.64 Å². The Kier molecular flexibility index (Phi) is 4.58. The van der Waals surface area contributed by atoms with E-state index in [1.54, 1.807) is 16.4 Å². The first kappa shape index (κ1) is 17.5. The van der Waals surface area contributed by atoms with Gasteiger partial charge in [-0.2, -0.15) is 0 Å². The van der Waals surface area contributed by atoms with Crippen LogP contribution < -0.4 is 0 Å². The van der Waals surface area contributed by atoms with Crippen molar-refractivity contribution in [2.45, 2.75) is 52.1 Å². The van der Waals surface area contributed by atoms with Gasteiger partial charge in [-0.15, -0.1) is 0 Å². The number of hydrogen-bond acceptors (Lipinski definition) is 3. The molecule has 0 spiro atoms. The molecule has 134 valence electrons. The zero-order valence-electron chi connectivity index (χ0n) is 15.4. The molecule has 1 fully saturated rings. The summed E-state index contributed by atoms with van der Waals surface area (Å²) >= 11 is 0. The van der Waals surface area contributed by atoms with Crippen LogP contribution in [0, 0.1) is 0 Å². The fraction of sp³-hybridized carbons (Fsp3) is 0.500. The molecule has 5 nitrogen and oxygen atoms in total. The zero-order chi connectivity index (χ0) is 18.2. The number of piperidine rings is 1. The molecular formula is C20H26N2O3. The van der Waals surface area contributed by atoms with E-state index in [1.807, 2.05) is 45.2 Å². The molecule has 0 atom stereocenters. The Balaban J connectivity index is 1.77. The second-order valence-electron chi connectivity index (χ2n) is 7.73. The Labute approximate surface area is 148 Å². The molecule has 1 amide bonds. The summed E-state index contributed by atoms with van der Waals surface area (Å²) in [6, 6.07) is 8.02. The van der Waals surface area contributed by atoms with Crippen molar-refractivity contribution in [2.24, 2.45) is 0 Å². The molecular weight excluding hydrogens is 316 g/mol. The predicted octanol–water partition coefficient (Wildman–Crippen LogP) is 4.42. The number of hydrogen-bond donors (Lipinski definition) is 0. The van der Waals surface area contributed by atoms with Crippen molar-refractivity contribution < 1.29 is 14.3 Å². The van der Waals surface area contributed by atoms with Crippen molar-refractivity contribution >= 4 is 22.9 Å². The lowest BCUT2D eigenvalue weighted by atomic mass is 9.89. The van der Waals surface area contributed by atoms with Crippen LogP contribution in [0.3, 0.4) is 0 Å². The molecule has 1 aliphatic rings. The Hall–Kier alpha value is -2.30. The van der Waals surface area contributed by atoms with E-state index in [0.717, 1.165) is 23.7 Å². The van der Waals surface area contributed by atoms with Gasteiger partial charge >= 0.3 is 6.09 Å². The minimum absolute atomic E-state index is 0.0219.